The van der Waals surface area contributed by atoms with Gasteiger partial charge in [-0.15, -0.1) is 0 Å². The van der Waals surface area contributed by atoms with Crippen molar-refractivity contribution < 1.29 is 29.4 Å². The maximum Gasteiger partial charge on any atom is 0.326 e. The quantitative estimate of drug-likeness (QED) is 0.247. The average Bonchev–Trinajstić information content (AvgIpc) is 2.79. The van der Waals surface area contributed by atoms with E-state index in [1.54, 1.807) is 26.0 Å². The fourth-order valence-electron chi connectivity index (χ4n) is 3.13. The van der Waals surface area contributed by atoms with Crippen LogP contribution in [0.2, 0.25) is 0 Å². The smallest absolute Gasteiger partial charge is 0.326 e. The lowest BCUT2D eigenvalue weighted by atomic mass is 9.97. The molecule has 33 heavy (non-hydrogen) atoms. The molecule has 0 bridgehead atoms. The summed E-state index contributed by atoms with van der Waals surface area (Å²) in [6, 6.07) is 3.43. The van der Waals surface area contributed by atoms with Crippen LogP contribution in [0.4, 0.5) is 0 Å². The van der Waals surface area contributed by atoms with Crippen molar-refractivity contribution in [1.29, 1.82) is 0 Å². The number of aromatic hydroxyl groups is 1. The Labute approximate surface area is 194 Å². The Balaban J connectivity index is 2.72. The molecule has 3 amide bonds. The van der Waals surface area contributed by atoms with Crippen molar-refractivity contribution in [1.82, 2.24) is 16.0 Å². The van der Waals surface area contributed by atoms with Crippen LogP contribution in [0.15, 0.2) is 24.3 Å². The van der Waals surface area contributed by atoms with Crippen LogP contribution in [-0.2, 0) is 25.6 Å². The number of carboxylic acid groups (broad SMARTS) is 1. The molecular formula is C23H36N4O6. The summed E-state index contributed by atoms with van der Waals surface area (Å²) in [5.41, 5.74) is 6.75. The molecule has 1 aromatic carbocycles. The van der Waals surface area contributed by atoms with Gasteiger partial charge in [-0.05, 0) is 36.0 Å². The number of aliphatic carboxylic acids is 1. The van der Waals surface area contributed by atoms with Gasteiger partial charge in [0.05, 0.1) is 12.6 Å². The molecule has 1 aromatic rings. The molecule has 5 unspecified atom stereocenters. The third-order valence-electron chi connectivity index (χ3n) is 5.74. The number of amides is 3. The molecule has 0 aliphatic rings. The van der Waals surface area contributed by atoms with Crippen molar-refractivity contribution >= 4 is 23.7 Å². The zero-order chi connectivity index (χ0) is 25.1. The number of phenols is 1. The standard InChI is InChI=1S/C23H36N4O6/c1-5-13(3)19(27-21(30)17(24)11-15-7-9-16(28)10-8-15)22(31)25-12-18(29)26-20(23(32)33)14(4)6-2/h7-10,13-14,17,19-20,28H,5-6,11-12,24H2,1-4H3,(H,25,31)(H,26,29)(H,27,30)(H,32,33). The molecule has 0 saturated heterocycles. The van der Waals surface area contributed by atoms with Gasteiger partial charge in [-0.1, -0.05) is 52.7 Å². The highest BCUT2D eigenvalue weighted by Gasteiger charge is 2.29. The van der Waals surface area contributed by atoms with E-state index in [-0.39, 0.29) is 24.0 Å². The first-order chi connectivity index (χ1) is 15.5. The largest absolute Gasteiger partial charge is 0.508 e. The summed E-state index contributed by atoms with van der Waals surface area (Å²) >= 11 is 0. The van der Waals surface area contributed by atoms with Crippen LogP contribution in [0.25, 0.3) is 0 Å². The van der Waals surface area contributed by atoms with Crippen molar-refractivity contribution in [3.05, 3.63) is 29.8 Å². The maximum absolute atomic E-state index is 12.7. The number of carbonyl (C=O) groups excluding carboxylic acids is 3. The van der Waals surface area contributed by atoms with E-state index in [0.29, 0.717) is 12.8 Å². The predicted molar refractivity (Wildman–Crippen MR) is 123 cm³/mol. The van der Waals surface area contributed by atoms with Crippen molar-refractivity contribution in [3.63, 3.8) is 0 Å². The number of nitrogens with two attached hydrogens (primary N) is 1. The number of hydrogen-bond donors (Lipinski definition) is 6. The second-order valence-electron chi connectivity index (χ2n) is 8.34. The number of nitrogens with one attached hydrogen (secondary N) is 3. The lowest BCUT2D eigenvalue weighted by Gasteiger charge is -2.25. The molecule has 1 rings (SSSR count). The number of phenolic OH excluding ortho intramolecular Hbond substituents is 1. The summed E-state index contributed by atoms with van der Waals surface area (Å²) in [7, 11) is 0. The third-order valence-corrected chi connectivity index (χ3v) is 5.74. The van der Waals surface area contributed by atoms with Gasteiger partial charge in [0.25, 0.3) is 0 Å². The summed E-state index contributed by atoms with van der Waals surface area (Å²) in [5, 5.41) is 26.2. The van der Waals surface area contributed by atoms with Gasteiger partial charge in [-0.25, -0.2) is 4.79 Å². The van der Waals surface area contributed by atoms with Gasteiger partial charge in [0, 0.05) is 0 Å². The van der Waals surface area contributed by atoms with E-state index in [0.717, 1.165) is 5.56 Å². The van der Waals surface area contributed by atoms with Gasteiger partial charge in [-0.2, -0.15) is 0 Å². The zero-order valence-electron chi connectivity index (χ0n) is 19.6. The number of benzene rings is 1. The van der Waals surface area contributed by atoms with E-state index in [1.165, 1.54) is 12.1 Å². The maximum atomic E-state index is 12.7. The van der Waals surface area contributed by atoms with Crippen LogP contribution in [0.1, 0.15) is 46.1 Å². The van der Waals surface area contributed by atoms with Crippen molar-refractivity contribution in [3.8, 4) is 5.75 Å². The van der Waals surface area contributed by atoms with Gasteiger partial charge in [0.2, 0.25) is 17.7 Å². The fourth-order valence-corrected chi connectivity index (χ4v) is 3.13. The Kier molecular flexibility index (Phi) is 11.3. The van der Waals surface area contributed by atoms with E-state index in [1.807, 2.05) is 13.8 Å². The Hall–Kier alpha value is -3.14. The normalized spacial score (nSPS) is 15.4. The SMILES string of the molecule is CCC(C)C(NC(=O)CNC(=O)C(NC(=O)C(N)Cc1ccc(O)cc1)C(C)CC)C(=O)O. The number of rotatable bonds is 13. The minimum absolute atomic E-state index is 0.105. The van der Waals surface area contributed by atoms with Crippen LogP contribution in [0.5, 0.6) is 5.75 Å². The molecule has 5 atom stereocenters. The zero-order valence-corrected chi connectivity index (χ0v) is 19.6. The highest BCUT2D eigenvalue weighted by molar-refractivity contribution is 5.92. The van der Waals surface area contributed by atoms with Gasteiger partial charge in [0.15, 0.2) is 0 Å². The third kappa shape index (κ3) is 9.09. The molecule has 10 nitrogen and oxygen atoms in total. The molecule has 0 saturated carbocycles. The monoisotopic (exact) mass is 464 g/mol. The van der Waals surface area contributed by atoms with Crippen molar-refractivity contribution in [2.24, 2.45) is 17.6 Å². The lowest BCUT2D eigenvalue weighted by Crippen LogP contribution is -2.56. The van der Waals surface area contributed by atoms with E-state index in [2.05, 4.69) is 16.0 Å². The first kappa shape index (κ1) is 27.9. The Morgan fingerprint density at radius 1 is 0.909 bits per heavy atom. The van der Waals surface area contributed by atoms with Crippen molar-refractivity contribution in [2.75, 3.05) is 6.54 Å². The van der Waals surface area contributed by atoms with E-state index < -0.39 is 48.4 Å². The highest BCUT2D eigenvalue weighted by Crippen LogP contribution is 2.12. The minimum Gasteiger partial charge on any atom is -0.508 e. The Morgan fingerprint density at radius 3 is 1.97 bits per heavy atom. The van der Waals surface area contributed by atoms with Crippen LogP contribution in [-0.4, -0.2) is 58.6 Å². The first-order valence-electron chi connectivity index (χ1n) is 11.1. The number of carboxylic acids is 1. The minimum atomic E-state index is -1.14. The second-order valence-corrected chi connectivity index (χ2v) is 8.34. The number of hydrogen-bond acceptors (Lipinski definition) is 6. The molecule has 0 spiro atoms. The lowest BCUT2D eigenvalue weighted by molar-refractivity contribution is -0.143. The Bertz CT molecular complexity index is 814. The molecule has 184 valence electrons. The van der Waals surface area contributed by atoms with E-state index in [4.69, 9.17) is 5.73 Å². The van der Waals surface area contributed by atoms with Crippen LogP contribution in [0.3, 0.4) is 0 Å². The summed E-state index contributed by atoms with van der Waals surface area (Å²) in [5.74, 6) is -3.25. The molecule has 0 fully saturated rings. The summed E-state index contributed by atoms with van der Waals surface area (Å²) in [4.78, 5) is 48.9. The molecule has 0 aliphatic carbocycles. The molecular weight excluding hydrogens is 428 g/mol. The molecule has 0 aromatic heterocycles. The van der Waals surface area contributed by atoms with Crippen LogP contribution in [0, 0.1) is 11.8 Å². The van der Waals surface area contributed by atoms with E-state index in [9.17, 15) is 29.4 Å². The van der Waals surface area contributed by atoms with Gasteiger partial charge in [-0.3, -0.25) is 14.4 Å². The Morgan fingerprint density at radius 2 is 1.45 bits per heavy atom. The molecule has 0 heterocycles. The van der Waals surface area contributed by atoms with Crippen molar-refractivity contribution in [2.45, 2.75) is 65.1 Å². The van der Waals surface area contributed by atoms with E-state index >= 15 is 0 Å². The predicted octanol–water partition coefficient (Wildman–Crippen LogP) is 0.525. The molecule has 10 heteroatoms. The second kappa shape index (κ2) is 13.4. The molecule has 0 aliphatic heterocycles. The van der Waals surface area contributed by atoms with Crippen LogP contribution < -0.4 is 21.7 Å². The number of carbonyl (C=O) groups is 4. The topological polar surface area (TPSA) is 171 Å². The highest BCUT2D eigenvalue weighted by atomic mass is 16.4. The summed E-state index contributed by atoms with van der Waals surface area (Å²) < 4.78 is 0. The summed E-state index contributed by atoms with van der Waals surface area (Å²) in [6.07, 6.45) is 1.37. The van der Waals surface area contributed by atoms with Gasteiger partial charge >= 0.3 is 5.97 Å². The first-order valence-corrected chi connectivity index (χ1v) is 11.1. The molecule has 0 radical (unpaired) electrons. The molecule has 7 N–H and O–H groups in total. The summed E-state index contributed by atoms with van der Waals surface area (Å²) in [6.45, 7) is 6.78. The average molecular weight is 465 g/mol. The van der Waals surface area contributed by atoms with Crippen LogP contribution >= 0.6 is 0 Å². The van der Waals surface area contributed by atoms with Gasteiger partial charge in [0.1, 0.15) is 17.8 Å². The fraction of sp³-hybridized carbons (Fsp3) is 0.565. The van der Waals surface area contributed by atoms with Gasteiger partial charge < -0.3 is 31.9 Å².